The van der Waals surface area contributed by atoms with Crippen LogP contribution in [-0.4, -0.2) is 24.7 Å². The molecule has 40 heavy (non-hydrogen) atoms. The fourth-order valence-electron chi connectivity index (χ4n) is 7.72. The summed E-state index contributed by atoms with van der Waals surface area (Å²) in [6.45, 7) is 4.13. The minimum absolute atomic E-state index is 0.0542. The van der Waals surface area contributed by atoms with Gasteiger partial charge in [-0.3, -0.25) is 9.36 Å². The van der Waals surface area contributed by atoms with Gasteiger partial charge in [0.2, 0.25) is 0 Å². The van der Waals surface area contributed by atoms with Crippen LogP contribution in [0.3, 0.4) is 0 Å². The Balaban J connectivity index is 1.74. The molecule has 2 aliphatic rings. The van der Waals surface area contributed by atoms with Crippen molar-refractivity contribution in [2.24, 2.45) is 0 Å². The Bertz CT molecular complexity index is 1810. The first-order chi connectivity index (χ1) is 19.5. The van der Waals surface area contributed by atoms with Gasteiger partial charge in [0.05, 0.1) is 29.7 Å². The van der Waals surface area contributed by atoms with Crippen LogP contribution in [-0.2, 0) is 29.2 Å². The summed E-state index contributed by atoms with van der Waals surface area (Å²) in [6, 6.07) is 36.6. The summed E-state index contributed by atoms with van der Waals surface area (Å²) in [5, 5.41) is 4.27. The van der Waals surface area contributed by atoms with Crippen molar-refractivity contribution in [1.29, 1.82) is 0 Å². The zero-order valence-electron chi connectivity index (χ0n) is 22.7. The third-order valence-corrected chi connectivity index (χ3v) is 11.6. The van der Waals surface area contributed by atoms with E-state index >= 15 is 4.79 Å². The van der Waals surface area contributed by atoms with Gasteiger partial charge in [-0.25, -0.2) is 0 Å². The molecule has 5 aromatic rings. The van der Waals surface area contributed by atoms with Gasteiger partial charge >= 0.3 is 7.60 Å². The molecular weight excluding hydrogens is 515 g/mol. The van der Waals surface area contributed by atoms with Crippen LogP contribution in [0, 0.1) is 0 Å². The van der Waals surface area contributed by atoms with E-state index in [1.165, 1.54) is 0 Å². The van der Waals surface area contributed by atoms with E-state index in [0.717, 1.165) is 43.8 Å². The number of hydrogen-bond acceptors (Lipinski definition) is 4. The van der Waals surface area contributed by atoms with Gasteiger partial charge in [0.25, 0.3) is 0 Å². The van der Waals surface area contributed by atoms with Crippen LogP contribution in [0.25, 0.3) is 21.5 Å². The molecule has 0 heterocycles. The first-order valence-electron chi connectivity index (χ1n) is 14.0. The van der Waals surface area contributed by atoms with Crippen LogP contribution < -0.4 is 0 Å². The van der Waals surface area contributed by atoms with E-state index in [1.807, 2.05) is 92.7 Å². The molecule has 0 amide bonds. The highest BCUT2D eigenvalue weighted by atomic mass is 31.2. The SMILES string of the molecule is CCOP(=O)(OCC)[C@@H]1C[C@@]2(c3ccccc3)C(=O)[C@]1(c1ccccc1)c1c2c2ccccc2c2ccccc12. The standard InChI is InChI=1S/C35H31O4P/c1-3-38-40(37,39-4-2)30-23-34(24-15-7-5-8-16-24)31-28-21-13-11-19-26(28)27-20-12-14-22-29(27)32(31)35(30,33(34)36)25-17-9-6-10-18-25/h5-22,30H,3-4,23H2,1-2H3/t30-,34+,35+/m1/s1. The number of carbonyl (C=O) groups is 1. The highest BCUT2D eigenvalue weighted by Gasteiger charge is 2.76. The molecule has 0 aromatic heterocycles. The summed E-state index contributed by atoms with van der Waals surface area (Å²) in [4.78, 5) is 15.6. The Morgan fingerprint density at radius 2 is 1.10 bits per heavy atom. The van der Waals surface area contributed by atoms with E-state index in [4.69, 9.17) is 9.05 Å². The maximum absolute atomic E-state index is 15.6. The van der Waals surface area contributed by atoms with Gasteiger partial charge in [-0.05, 0) is 64.1 Å². The van der Waals surface area contributed by atoms with Gasteiger partial charge in [0.1, 0.15) is 0 Å². The quantitative estimate of drug-likeness (QED) is 0.153. The maximum Gasteiger partial charge on any atom is 0.335 e. The molecule has 0 N–H and O–H groups in total. The van der Waals surface area contributed by atoms with E-state index in [-0.39, 0.29) is 19.0 Å². The van der Waals surface area contributed by atoms with Crippen molar-refractivity contribution in [2.45, 2.75) is 36.8 Å². The first-order valence-corrected chi connectivity index (χ1v) is 15.6. The summed E-state index contributed by atoms with van der Waals surface area (Å²) in [5.74, 6) is 0.0542. The molecule has 5 aromatic carbocycles. The topological polar surface area (TPSA) is 52.6 Å². The zero-order valence-corrected chi connectivity index (χ0v) is 23.6. The lowest BCUT2D eigenvalue weighted by molar-refractivity contribution is -0.123. The fourth-order valence-corrected chi connectivity index (χ4v) is 10.2. The van der Waals surface area contributed by atoms with Gasteiger partial charge in [0, 0.05) is 0 Å². The zero-order chi connectivity index (χ0) is 27.5. The molecule has 0 aliphatic heterocycles. The highest BCUT2D eigenvalue weighted by Crippen LogP contribution is 2.75. The van der Waals surface area contributed by atoms with Crippen LogP contribution in [0.5, 0.6) is 0 Å². The van der Waals surface area contributed by atoms with Crippen molar-refractivity contribution in [3.8, 4) is 0 Å². The first kappa shape index (κ1) is 25.4. The van der Waals surface area contributed by atoms with Crippen LogP contribution >= 0.6 is 7.60 Å². The van der Waals surface area contributed by atoms with Crippen molar-refractivity contribution in [3.05, 3.63) is 131 Å². The normalized spacial score (nSPS) is 23.6. The van der Waals surface area contributed by atoms with Crippen LogP contribution in [0.4, 0.5) is 0 Å². The molecule has 5 heteroatoms. The summed E-state index contributed by atoms with van der Waals surface area (Å²) in [5.41, 5.74) is 0.811. The van der Waals surface area contributed by atoms with Gasteiger partial charge < -0.3 is 9.05 Å². The molecule has 2 bridgehead atoms. The predicted octanol–water partition coefficient (Wildman–Crippen LogP) is 8.19. The van der Waals surface area contributed by atoms with Crippen molar-refractivity contribution in [3.63, 3.8) is 0 Å². The van der Waals surface area contributed by atoms with E-state index in [0.29, 0.717) is 6.42 Å². The maximum atomic E-state index is 15.6. The third-order valence-electron chi connectivity index (χ3n) is 8.99. The Morgan fingerprint density at radius 3 is 1.62 bits per heavy atom. The molecule has 7 rings (SSSR count). The average molecular weight is 547 g/mol. The van der Waals surface area contributed by atoms with Crippen LogP contribution in [0.2, 0.25) is 0 Å². The van der Waals surface area contributed by atoms with Gasteiger partial charge in [-0.2, -0.15) is 0 Å². The number of carbonyl (C=O) groups excluding carboxylic acids is 1. The lowest BCUT2D eigenvalue weighted by Gasteiger charge is -2.41. The smallest absolute Gasteiger partial charge is 0.309 e. The third kappa shape index (κ3) is 3.10. The second-order valence-corrected chi connectivity index (χ2v) is 12.9. The summed E-state index contributed by atoms with van der Waals surface area (Å²) >= 11 is 0. The minimum Gasteiger partial charge on any atom is -0.309 e. The number of Topliss-reactive ketones (excluding diaryl/α,β-unsaturated/α-hetero) is 1. The van der Waals surface area contributed by atoms with Crippen molar-refractivity contribution in [2.75, 3.05) is 13.2 Å². The van der Waals surface area contributed by atoms with Crippen LogP contribution in [0.1, 0.15) is 42.5 Å². The van der Waals surface area contributed by atoms with E-state index in [1.54, 1.807) is 0 Å². The largest absolute Gasteiger partial charge is 0.335 e. The average Bonchev–Trinajstić information content (AvgIpc) is 3.41. The highest BCUT2D eigenvalue weighted by molar-refractivity contribution is 7.55. The van der Waals surface area contributed by atoms with Gasteiger partial charge in [0.15, 0.2) is 5.78 Å². The molecule has 3 atom stereocenters. The molecule has 4 nitrogen and oxygen atoms in total. The van der Waals surface area contributed by atoms with Crippen molar-refractivity contribution >= 4 is 34.9 Å². The molecule has 0 spiro atoms. The number of fused-ring (bicyclic) bond motifs is 10. The van der Waals surface area contributed by atoms with E-state index in [2.05, 4.69) is 30.3 Å². The fraction of sp³-hybridized carbons (Fsp3) is 0.229. The Labute approximate surface area is 234 Å². The molecule has 1 saturated carbocycles. The lowest BCUT2D eigenvalue weighted by Crippen LogP contribution is -2.41. The van der Waals surface area contributed by atoms with E-state index in [9.17, 15) is 4.57 Å². The van der Waals surface area contributed by atoms with Gasteiger partial charge in [-0.15, -0.1) is 0 Å². The monoisotopic (exact) mass is 546 g/mol. The molecular formula is C35H31O4P. The number of ketones is 1. The van der Waals surface area contributed by atoms with E-state index < -0.39 is 24.1 Å². The molecule has 2 aliphatic carbocycles. The second-order valence-electron chi connectivity index (χ2n) is 10.7. The summed E-state index contributed by atoms with van der Waals surface area (Å²) in [7, 11) is -3.76. The predicted molar refractivity (Wildman–Crippen MR) is 160 cm³/mol. The Kier molecular flexibility index (Phi) is 5.87. The van der Waals surface area contributed by atoms with Crippen molar-refractivity contribution in [1.82, 2.24) is 0 Å². The van der Waals surface area contributed by atoms with Gasteiger partial charge in [-0.1, -0.05) is 109 Å². The molecule has 0 saturated heterocycles. The molecule has 0 unspecified atom stereocenters. The number of rotatable bonds is 7. The minimum atomic E-state index is -3.76. The second kappa shape index (κ2) is 9.24. The van der Waals surface area contributed by atoms with Crippen LogP contribution in [0.15, 0.2) is 109 Å². The van der Waals surface area contributed by atoms with Crippen molar-refractivity contribution < 1.29 is 18.4 Å². The number of benzene rings is 5. The Morgan fingerprint density at radius 1 is 0.650 bits per heavy atom. The number of hydrogen-bond donors (Lipinski definition) is 0. The molecule has 0 radical (unpaired) electrons. The molecule has 1 fully saturated rings. The molecule has 200 valence electrons. The summed E-state index contributed by atoms with van der Waals surface area (Å²) < 4.78 is 27.1. The summed E-state index contributed by atoms with van der Waals surface area (Å²) in [6.07, 6.45) is 0.345. The Hall–Kier alpha value is -3.56. The lowest BCUT2D eigenvalue weighted by atomic mass is 9.68.